The van der Waals surface area contributed by atoms with E-state index < -0.39 is 5.97 Å². The lowest BCUT2D eigenvalue weighted by Crippen LogP contribution is -2.10. The zero-order chi connectivity index (χ0) is 14.5. The smallest absolute Gasteiger partial charge is 0.335 e. The Morgan fingerprint density at radius 1 is 1.47 bits per heavy atom. The SMILES string of the molecule is Cc1ccc(C(=O)O)cc1OCCCC(C)(C)C#N. The maximum Gasteiger partial charge on any atom is 0.335 e. The molecule has 102 valence electrons. The lowest BCUT2D eigenvalue weighted by molar-refractivity contribution is 0.0696. The average molecular weight is 261 g/mol. The van der Waals surface area contributed by atoms with Gasteiger partial charge in [-0.1, -0.05) is 6.07 Å². The number of nitriles is 1. The van der Waals surface area contributed by atoms with Gasteiger partial charge in [0.15, 0.2) is 0 Å². The van der Waals surface area contributed by atoms with Gasteiger partial charge in [-0.05, 0) is 51.3 Å². The van der Waals surface area contributed by atoms with E-state index in [4.69, 9.17) is 15.1 Å². The molecule has 1 N–H and O–H groups in total. The van der Waals surface area contributed by atoms with Gasteiger partial charge in [0.1, 0.15) is 5.75 Å². The molecule has 1 rings (SSSR count). The number of aryl methyl sites for hydroxylation is 1. The van der Waals surface area contributed by atoms with Crippen molar-refractivity contribution in [1.82, 2.24) is 0 Å². The Kier molecular flexibility index (Phi) is 4.94. The van der Waals surface area contributed by atoms with Crippen molar-refractivity contribution in [2.75, 3.05) is 6.61 Å². The quantitative estimate of drug-likeness (QED) is 0.797. The van der Waals surface area contributed by atoms with Gasteiger partial charge in [0.25, 0.3) is 0 Å². The molecule has 4 nitrogen and oxygen atoms in total. The summed E-state index contributed by atoms with van der Waals surface area (Å²) >= 11 is 0. The fourth-order valence-electron chi connectivity index (χ4n) is 1.64. The van der Waals surface area contributed by atoms with Crippen LogP contribution in [0.4, 0.5) is 0 Å². The lowest BCUT2D eigenvalue weighted by atomic mass is 9.90. The van der Waals surface area contributed by atoms with E-state index in [0.29, 0.717) is 12.4 Å². The molecule has 0 aliphatic heterocycles. The maximum atomic E-state index is 10.9. The summed E-state index contributed by atoms with van der Waals surface area (Å²) in [6.07, 6.45) is 1.51. The summed E-state index contributed by atoms with van der Waals surface area (Å²) in [6.45, 7) is 6.14. The van der Waals surface area contributed by atoms with E-state index >= 15 is 0 Å². The monoisotopic (exact) mass is 261 g/mol. The second-order valence-corrected chi connectivity index (χ2v) is 5.23. The fraction of sp³-hybridized carbons (Fsp3) is 0.467. The Morgan fingerprint density at radius 3 is 2.74 bits per heavy atom. The topological polar surface area (TPSA) is 70.3 Å². The van der Waals surface area contributed by atoms with E-state index in [1.165, 1.54) is 6.07 Å². The predicted molar refractivity (Wildman–Crippen MR) is 72.3 cm³/mol. The molecule has 0 fully saturated rings. The van der Waals surface area contributed by atoms with Crippen molar-refractivity contribution in [3.63, 3.8) is 0 Å². The van der Waals surface area contributed by atoms with E-state index in [2.05, 4.69) is 6.07 Å². The molecular formula is C15H19NO3. The minimum Gasteiger partial charge on any atom is -0.493 e. The van der Waals surface area contributed by atoms with Crippen LogP contribution in [0.2, 0.25) is 0 Å². The first kappa shape index (κ1) is 15.0. The molecule has 19 heavy (non-hydrogen) atoms. The van der Waals surface area contributed by atoms with Crippen LogP contribution in [0.3, 0.4) is 0 Å². The molecule has 0 aliphatic carbocycles. The van der Waals surface area contributed by atoms with Gasteiger partial charge in [-0.3, -0.25) is 0 Å². The van der Waals surface area contributed by atoms with Crippen molar-refractivity contribution in [2.45, 2.75) is 33.6 Å². The summed E-state index contributed by atoms with van der Waals surface area (Å²) < 4.78 is 5.59. The van der Waals surface area contributed by atoms with Gasteiger partial charge in [-0.15, -0.1) is 0 Å². The van der Waals surface area contributed by atoms with Crippen LogP contribution in [0.1, 0.15) is 42.6 Å². The molecule has 0 aliphatic rings. The second kappa shape index (κ2) is 6.24. The number of hydrogen-bond acceptors (Lipinski definition) is 3. The van der Waals surface area contributed by atoms with Crippen molar-refractivity contribution in [1.29, 1.82) is 5.26 Å². The normalized spacial score (nSPS) is 10.8. The first-order chi connectivity index (χ1) is 8.85. The van der Waals surface area contributed by atoms with Crippen LogP contribution in [-0.4, -0.2) is 17.7 Å². The summed E-state index contributed by atoms with van der Waals surface area (Å²) in [5, 5.41) is 17.8. The second-order valence-electron chi connectivity index (χ2n) is 5.23. The van der Waals surface area contributed by atoms with Gasteiger partial charge in [0, 0.05) is 0 Å². The number of carbonyl (C=O) groups is 1. The number of carboxylic acid groups (broad SMARTS) is 1. The van der Waals surface area contributed by atoms with E-state index in [9.17, 15) is 4.79 Å². The van der Waals surface area contributed by atoms with Gasteiger partial charge in [0.2, 0.25) is 0 Å². The summed E-state index contributed by atoms with van der Waals surface area (Å²) in [4.78, 5) is 10.9. The number of benzene rings is 1. The molecule has 0 saturated heterocycles. The van der Waals surface area contributed by atoms with Crippen LogP contribution < -0.4 is 4.74 Å². The Bertz CT molecular complexity index is 501. The molecule has 0 heterocycles. The Hall–Kier alpha value is -2.02. The van der Waals surface area contributed by atoms with Crippen molar-refractivity contribution in [2.24, 2.45) is 5.41 Å². The zero-order valence-electron chi connectivity index (χ0n) is 11.6. The average Bonchev–Trinajstić information content (AvgIpc) is 2.36. The third-order valence-corrected chi connectivity index (χ3v) is 2.94. The molecular weight excluding hydrogens is 242 g/mol. The molecule has 1 aromatic rings. The van der Waals surface area contributed by atoms with E-state index in [-0.39, 0.29) is 11.0 Å². The van der Waals surface area contributed by atoms with Crippen LogP contribution in [0.5, 0.6) is 5.75 Å². The highest BCUT2D eigenvalue weighted by Gasteiger charge is 2.16. The van der Waals surface area contributed by atoms with Crippen molar-refractivity contribution in [3.8, 4) is 11.8 Å². The lowest BCUT2D eigenvalue weighted by Gasteiger charge is -2.15. The molecule has 4 heteroatoms. The van der Waals surface area contributed by atoms with Crippen molar-refractivity contribution in [3.05, 3.63) is 29.3 Å². The number of ether oxygens (including phenoxy) is 1. The summed E-state index contributed by atoms with van der Waals surface area (Å²) in [5.41, 5.74) is 0.781. The van der Waals surface area contributed by atoms with E-state index in [0.717, 1.165) is 18.4 Å². The third-order valence-electron chi connectivity index (χ3n) is 2.94. The van der Waals surface area contributed by atoms with Crippen LogP contribution in [0, 0.1) is 23.7 Å². The minimum atomic E-state index is -0.963. The largest absolute Gasteiger partial charge is 0.493 e. The van der Waals surface area contributed by atoms with Crippen molar-refractivity contribution < 1.29 is 14.6 Å². The third kappa shape index (κ3) is 4.63. The van der Waals surface area contributed by atoms with E-state index in [1.54, 1.807) is 12.1 Å². The van der Waals surface area contributed by atoms with Gasteiger partial charge in [-0.25, -0.2) is 4.79 Å². The van der Waals surface area contributed by atoms with Crippen LogP contribution >= 0.6 is 0 Å². The molecule has 0 saturated carbocycles. The summed E-state index contributed by atoms with van der Waals surface area (Å²) in [5.74, 6) is -0.370. The zero-order valence-corrected chi connectivity index (χ0v) is 11.6. The molecule has 0 amide bonds. The van der Waals surface area contributed by atoms with Gasteiger partial charge >= 0.3 is 5.97 Å². The number of aromatic carboxylic acids is 1. The van der Waals surface area contributed by atoms with E-state index in [1.807, 2.05) is 20.8 Å². The Balaban J connectivity index is 2.56. The number of carboxylic acids is 1. The standard InChI is InChI=1S/C15H19NO3/c1-11-5-6-12(14(17)18)9-13(11)19-8-4-7-15(2,3)10-16/h5-6,9H,4,7-8H2,1-3H3,(H,17,18). The first-order valence-electron chi connectivity index (χ1n) is 6.24. The number of rotatable bonds is 6. The van der Waals surface area contributed by atoms with Crippen molar-refractivity contribution >= 4 is 5.97 Å². The maximum absolute atomic E-state index is 10.9. The molecule has 1 aromatic carbocycles. The highest BCUT2D eigenvalue weighted by molar-refractivity contribution is 5.88. The Morgan fingerprint density at radius 2 is 2.16 bits per heavy atom. The molecule has 0 bridgehead atoms. The minimum absolute atomic E-state index is 0.220. The molecule has 0 spiro atoms. The van der Waals surface area contributed by atoms with Crippen LogP contribution in [-0.2, 0) is 0 Å². The molecule has 0 unspecified atom stereocenters. The Labute approximate surface area is 113 Å². The number of hydrogen-bond donors (Lipinski definition) is 1. The highest BCUT2D eigenvalue weighted by atomic mass is 16.5. The van der Waals surface area contributed by atoms with Gasteiger partial charge in [0.05, 0.1) is 23.7 Å². The van der Waals surface area contributed by atoms with Crippen LogP contribution in [0.15, 0.2) is 18.2 Å². The molecule has 0 aromatic heterocycles. The van der Waals surface area contributed by atoms with Gasteiger partial charge < -0.3 is 9.84 Å². The molecule has 0 atom stereocenters. The van der Waals surface area contributed by atoms with Gasteiger partial charge in [-0.2, -0.15) is 5.26 Å². The van der Waals surface area contributed by atoms with Crippen LogP contribution in [0.25, 0.3) is 0 Å². The number of nitrogens with zero attached hydrogens (tertiary/aromatic N) is 1. The highest BCUT2D eigenvalue weighted by Crippen LogP contribution is 2.23. The predicted octanol–water partition coefficient (Wildman–Crippen LogP) is 3.40. The summed E-state index contributed by atoms with van der Waals surface area (Å²) in [6, 6.07) is 7.07. The molecule has 0 radical (unpaired) electrons. The first-order valence-corrected chi connectivity index (χ1v) is 6.24. The summed E-state index contributed by atoms with van der Waals surface area (Å²) in [7, 11) is 0. The fourth-order valence-corrected chi connectivity index (χ4v) is 1.64.